The van der Waals surface area contributed by atoms with Crippen LogP contribution in [-0.4, -0.2) is 14.4 Å². The minimum Gasteiger partial charge on any atom is -0.303 e. The van der Waals surface area contributed by atoms with E-state index in [-0.39, 0.29) is 0 Å². The Morgan fingerprint density at radius 1 is 1.33 bits per heavy atom. The molecule has 0 spiro atoms. The summed E-state index contributed by atoms with van der Waals surface area (Å²) in [7, 11) is -0.937. The van der Waals surface area contributed by atoms with Gasteiger partial charge in [0.15, 0.2) is 0 Å². The lowest BCUT2D eigenvalue weighted by Gasteiger charge is -2.16. The Morgan fingerprint density at radius 3 is 2.40 bits per heavy atom. The summed E-state index contributed by atoms with van der Waals surface area (Å²) in [6.07, 6.45) is 6.37. The zero-order valence-corrected chi connectivity index (χ0v) is 12.0. The van der Waals surface area contributed by atoms with Gasteiger partial charge in [0.2, 0.25) is 0 Å². The fourth-order valence-corrected chi connectivity index (χ4v) is 3.62. The van der Waals surface area contributed by atoms with Gasteiger partial charge >= 0.3 is 0 Å². The Bertz CT molecular complexity index is 213. The van der Waals surface area contributed by atoms with E-state index in [4.69, 9.17) is 0 Å². The second-order valence-electron chi connectivity index (χ2n) is 5.87. The van der Waals surface area contributed by atoms with Crippen molar-refractivity contribution in [2.24, 2.45) is 5.92 Å². The summed E-state index contributed by atoms with van der Waals surface area (Å²) < 4.78 is 0. The predicted octanol–water partition coefficient (Wildman–Crippen LogP) is 4.28. The smallest absolute Gasteiger partial charge is 0.120 e. The molecule has 0 aromatic rings. The maximum Gasteiger partial charge on any atom is 0.120 e. The van der Waals surface area contributed by atoms with Gasteiger partial charge in [0.1, 0.15) is 6.29 Å². The van der Waals surface area contributed by atoms with Crippen LogP contribution in [0.5, 0.6) is 0 Å². The van der Waals surface area contributed by atoms with E-state index in [1.54, 1.807) is 0 Å². The summed E-state index contributed by atoms with van der Waals surface area (Å²) in [6, 6.07) is 1.30. The van der Waals surface area contributed by atoms with E-state index in [1.807, 2.05) is 0 Å². The SMILES string of the molecule is C/C(=C/CC[C@H](C)CC=O)C[Si](C)(C)C. The molecule has 0 bridgehead atoms. The van der Waals surface area contributed by atoms with Gasteiger partial charge in [0, 0.05) is 14.5 Å². The highest BCUT2D eigenvalue weighted by atomic mass is 28.3. The molecule has 0 saturated carbocycles. The lowest BCUT2D eigenvalue weighted by molar-refractivity contribution is -0.108. The molecule has 0 aliphatic rings. The van der Waals surface area contributed by atoms with Crippen molar-refractivity contribution in [1.29, 1.82) is 0 Å². The molecule has 1 nitrogen and oxygen atoms in total. The molecule has 15 heavy (non-hydrogen) atoms. The largest absolute Gasteiger partial charge is 0.303 e. The predicted molar refractivity (Wildman–Crippen MR) is 71.0 cm³/mol. The molecule has 0 radical (unpaired) electrons. The molecule has 88 valence electrons. The van der Waals surface area contributed by atoms with E-state index < -0.39 is 8.07 Å². The third-order valence-corrected chi connectivity index (χ3v) is 4.08. The summed E-state index contributed by atoms with van der Waals surface area (Å²) in [5, 5.41) is 0. The summed E-state index contributed by atoms with van der Waals surface area (Å²) in [6.45, 7) is 11.6. The molecule has 0 unspecified atom stereocenters. The van der Waals surface area contributed by atoms with Crippen LogP contribution in [0.15, 0.2) is 11.6 Å². The van der Waals surface area contributed by atoms with Crippen molar-refractivity contribution in [3.05, 3.63) is 11.6 Å². The molecule has 0 heterocycles. The van der Waals surface area contributed by atoms with Gasteiger partial charge < -0.3 is 4.79 Å². The summed E-state index contributed by atoms with van der Waals surface area (Å²) in [5.74, 6) is 0.540. The molecule has 0 aromatic heterocycles. The maximum atomic E-state index is 10.3. The normalized spacial score (nSPS) is 15.1. The van der Waals surface area contributed by atoms with Crippen molar-refractivity contribution in [3.8, 4) is 0 Å². The second-order valence-corrected chi connectivity index (χ2v) is 11.3. The summed E-state index contributed by atoms with van der Waals surface area (Å²) in [4.78, 5) is 10.3. The van der Waals surface area contributed by atoms with Gasteiger partial charge in [-0.15, -0.1) is 0 Å². The summed E-state index contributed by atoms with van der Waals surface area (Å²) >= 11 is 0. The van der Waals surface area contributed by atoms with Gasteiger partial charge in [0.05, 0.1) is 0 Å². The van der Waals surface area contributed by atoms with Gasteiger partial charge in [-0.1, -0.05) is 38.2 Å². The Balaban J connectivity index is 3.81. The van der Waals surface area contributed by atoms with E-state index in [9.17, 15) is 4.79 Å². The zero-order valence-electron chi connectivity index (χ0n) is 11.0. The fraction of sp³-hybridized carbons (Fsp3) is 0.769. The molecule has 0 rings (SSSR count). The van der Waals surface area contributed by atoms with E-state index in [1.165, 1.54) is 11.6 Å². The van der Waals surface area contributed by atoms with E-state index in [0.29, 0.717) is 12.3 Å². The van der Waals surface area contributed by atoms with Gasteiger partial charge in [-0.2, -0.15) is 0 Å². The van der Waals surface area contributed by atoms with Crippen LogP contribution in [0.2, 0.25) is 25.7 Å². The van der Waals surface area contributed by atoms with Crippen molar-refractivity contribution < 1.29 is 4.79 Å². The Labute approximate surface area is 96.0 Å². The quantitative estimate of drug-likeness (QED) is 0.360. The van der Waals surface area contributed by atoms with Crippen LogP contribution in [0.3, 0.4) is 0 Å². The third kappa shape index (κ3) is 9.92. The minimum atomic E-state index is -0.937. The lowest BCUT2D eigenvalue weighted by atomic mass is 10.0. The Kier molecular flexibility index (Phi) is 6.82. The minimum absolute atomic E-state index is 0.540. The number of rotatable bonds is 7. The molecule has 0 aromatic carbocycles. The first-order valence-corrected chi connectivity index (χ1v) is 9.65. The van der Waals surface area contributed by atoms with Gasteiger partial charge in [-0.25, -0.2) is 0 Å². The summed E-state index contributed by atoms with van der Waals surface area (Å²) in [5.41, 5.74) is 1.53. The van der Waals surface area contributed by atoms with Crippen LogP contribution in [0.4, 0.5) is 0 Å². The van der Waals surface area contributed by atoms with Gasteiger partial charge in [-0.3, -0.25) is 0 Å². The first kappa shape index (κ1) is 14.6. The average molecular weight is 226 g/mol. The van der Waals surface area contributed by atoms with Crippen molar-refractivity contribution in [2.45, 2.75) is 58.8 Å². The second kappa shape index (κ2) is 6.99. The van der Waals surface area contributed by atoms with Crippen LogP contribution >= 0.6 is 0 Å². The van der Waals surface area contributed by atoms with Crippen LogP contribution < -0.4 is 0 Å². The number of aldehydes is 1. The van der Waals surface area contributed by atoms with E-state index in [0.717, 1.165) is 19.1 Å². The van der Waals surface area contributed by atoms with Crippen molar-refractivity contribution in [1.82, 2.24) is 0 Å². The third-order valence-electron chi connectivity index (χ3n) is 2.46. The number of hydrogen-bond acceptors (Lipinski definition) is 1. The van der Waals surface area contributed by atoms with Crippen LogP contribution in [-0.2, 0) is 4.79 Å². The maximum absolute atomic E-state index is 10.3. The highest BCUT2D eigenvalue weighted by molar-refractivity contribution is 6.76. The first-order chi connectivity index (χ1) is 6.85. The highest BCUT2D eigenvalue weighted by Crippen LogP contribution is 2.17. The molecular weight excluding hydrogens is 200 g/mol. The van der Waals surface area contributed by atoms with Crippen molar-refractivity contribution in [2.75, 3.05) is 0 Å². The van der Waals surface area contributed by atoms with E-state index >= 15 is 0 Å². The molecule has 2 heteroatoms. The topological polar surface area (TPSA) is 17.1 Å². The van der Waals surface area contributed by atoms with Crippen LogP contribution in [0.25, 0.3) is 0 Å². The molecule has 1 atom stereocenters. The van der Waals surface area contributed by atoms with Gasteiger partial charge in [0.25, 0.3) is 0 Å². The molecule has 0 saturated heterocycles. The molecule has 0 amide bonds. The molecule has 0 N–H and O–H groups in total. The monoisotopic (exact) mass is 226 g/mol. The Hall–Kier alpha value is -0.373. The Morgan fingerprint density at radius 2 is 1.93 bits per heavy atom. The number of carbonyl (C=O) groups is 1. The van der Waals surface area contributed by atoms with Crippen molar-refractivity contribution >= 4 is 14.4 Å². The fourth-order valence-electron chi connectivity index (χ4n) is 1.81. The van der Waals surface area contributed by atoms with Gasteiger partial charge in [-0.05, 0) is 31.7 Å². The molecule has 0 fully saturated rings. The number of carbonyl (C=O) groups excluding carboxylic acids is 1. The standard InChI is InChI=1S/C13H26OSi/c1-12(9-10-14)7-6-8-13(2)11-15(3,4)5/h8,10,12H,6-7,9,11H2,1-5H3/b13-8-/t12-/m0/s1. The number of hydrogen-bond donors (Lipinski definition) is 0. The average Bonchev–Trinajstić information content (AvgIpc) is 2.00. The zero-order chi connectivity index (χ0) is 11.9. The lowest BCUT2D eigenvalue weighted by Crippen LogP contribution is -2.19. The van der Waals surface area contributed by atoms with E-state index in [2.05, 4.69) is 39.6 Å². The van der Waals surface area contributed by atoms with Crippen LogP contribution in [0.1, 0.15) is 33.1 Å². The number of allylic oxidation sites excluding steroid dienone is 2. The molecule has 0 aliphatic heterocycles. The molecular formula is C13H26OSi. The molecule has 0 aliphatic carbocycles. The first-order valence-electron chi connectivity index (χ1n) is 5.94. The van der Waals surface area contributed by atoms with Crippen molar-refractivity contribution in [3.63, 3.8) is 0 Å². The van der Waals surface area contributed by atoms with Crippen LogP contribution in [0, 0.1) is 5.92 Å². The highest BCUT2D eigenvalue weighted by Gasteiger charge is 2.12.